The van der Waals surface area contributed by atoms with Crippen molar-refractivity contribution in [1.82, 2.24) is 15.5 Å². The molecule has 0 fully saturated rings. The molecule has 0 spiro atoms. The Morgan fingerprint density at radius 3 is 2.76 bits per heavy atom. The maximum absolute atomic E-state index is 9.53. The molecule has 4 aromatic rings. The summed E-state index contributed by atoms with van der Waals surface area (Å²) in [6.07, 6.45) is 1.98. The van der Waals surface area contributed by atoms with Gasteiger partial charge in [-0.05, 0) is 61.6 Å². The van der Waals surface area contributed by atoms with Crippen LogP contribution in [-0.4, -0.2) is 16.2 Å². The summed E-state index contributed by atoms with van der Waals surface area (Å²) in [6, 6.07) is 24.6. The van der Waals surface area contributed by atoms with Crippen LogP contribution in [0.5, 0.6) is 5.75 Å². The van der Waals surface area contributed by atoms with Gasteiger partial charge in [-0.2, -0.15) is 10.2 Å². The molecule has 3 aromatic carbocycles. The molecule has 1 atom stereocenters. The molecule has 1 aromatic heterocycles. The van der Waals surface area contributed by atoms with Gasteiger partial charge in [-0.25, -0.2) is 0 Å². The van der Waals surface area contributed by atoms with Crippen LogP contribution in [0.15, 0.2) is 71.3 Å². The number of nitriles is 1. The lowest BCUT2D eigenvalue weighted by molar-refractivity contribution is 0.241. The van der Waals surface area contributed by atoms with E-state index in [1.807, 2.05) is 32.0 Å². The fraction of sp³-hybridized carbons (Fsp3) is 0.250. The van der Waals surface area contributed by atoms with Gasteiger partial charge in [0, 0.05) is 23.7 Å². The topological polar surface area (TPSA) is 84.0 Å². The molecule has 170 valence electrons. The van der Waals surface area contributed by atoms with Crippen molar-refractivity contribution in [3.63, 3.8) is 0 Å². The number of ether oxygens (including phenoxy) is 1. The second kappa shape index (κ2) is 9.50. The number of hydrogen-bond acceptors (Lipinski definition) is 6. The lowest BCUT2D eigenvalue weighted by Gasteiger charge is -2.14. The first kappa shape index (κ1) is 21.9. The fourth-order valence-corrected chi connectivity index (χ4v) is 4.47. The molecular weight excluding hydrogens is 424 g/mol. The molecule has 1 heterocycles. The molecule has 0 aliphatic heterocycles. The normalized spacial score (nSPS) is 14.7. The molecule has 5 rings (SSSR count). The van der Waals surface area contributed by atoms with Gasteiger partial charge in [0.2, 0.25) is 5.82 Å². The van der Waals surface area contributed by atoms with Crippen molar-refractivity contribution in [2.45, 2.75) is 45.4 Å². The van der Waals surface area contributed by atoms with Gasteiger partial charge in [-0.3, -0.25) is 0 Å². The second-order valence-electron chi connectivity index (χ2n) is 8.74. The summed E-state index contributed by atoms with van der Waals surface area (Å²) in [4.78, 5) is 4.66. The van der Waals surface area contributed by atoms with Gasteiger partial charge in [0.05, 0.1) is 11.7 Å². The molecule has 0 bridgehead atoms. The highest BCUT2D eigenvalue weighted by molar-refractivity contribution is 5.67. The zero-order valence-electron chi connectivity index (χ0n) is 19.3. The van der Waals surface area contributed by atoms with Gasteiger partial charge >= 0.3 is 0 Å². The average molecular weight is 451 g/mol. The highest BCUT2D eigenvalue weighted by Crippen LogP contribution is 2.37. The Balaban J connectivity index is 1.38. The van der Waals surface area contributed by atoms with Crippen LogP contribution in [0.2, 0.25) is 0 Å². The molecule has 0 saturated heterocycles. The number of hydrogen-bond donors (Lipinski definition) is 1. The van der Waals surface area contributed by atoms with Gasteiger partial charge in [0.1, 0.15) is 11.8 Å². The number of rotatable bonds is 7. The Morgan fingerprint density at radius 1 is 1.12 bits per heavy atom. The third kappa shape index (κ3) is 4.43. The first-order valence-electron chi connectivity index (χ1n) is 11.6. The van der Waals surface area contributed by atoms with Gasteiger partial charge in [-0.1, -0.05) is 53.7 Å². The molecule has 0 saturated carbocycles. The lowest BCUT2D eigenvalue weighted by Crippen LogP contribution is -2.18. The molecule has 0 unspecified atom stereocenters. The first-order chi connectivity index (χ1) is 16.6. The van der Waals surface area contributed by atoms with E-state index in [2.05, 4.69) is 57.9 Å². The largest absolute Gasteiger partial charge is 0.490 e. The Hall–Kier alpha value is -3.95. The minimum Gasteiger partial charge on any atom is -0.490 e. The van der Waals surface area contributed by atoms with E-state index >= 15 is 0 Å². The van der Waals surface area contributed by atoms with Crippen molar-refractivity contribution in [3.05, 3.63) is 89.0 Å². The van der Waals surface area contributed by atoms with Crippen LogP contribution in [0.1, 0.15) is 48.6 Å². The molecule has 0 radical (unpaired) electrons. The van der Waals surface area contributed by atoms with Crippen LogP contribution in [0.4, 0.5) is 0 Å². The van der Waals surface area contributed by atoms with E-state index in [1.54, 1.807) is 12.1 Å². The van der Waals surface area contributed by atoms with E-state index < -0.39 is 0 Å². The van der Waals surface area contributed by atoms with Crippen LogP contribution in [0.3, 0.4) is 0 Å². The van der Waals surface area contributed by atoms with Crippen molar-refractivity contribution >= 4 is 0 Å². The van der Waals surface area contributed by atoms with E-state index in [0.29, 0.717) is 34.6 Å². The van der Waals surface area contributed by atoms with E-state index in [0.717, 1.165) is 24.9 Å². The van der Waals surface area contributed by atoms with Gasteiger partial charge in [0.25, 0.3) is 5.89 Å². The minimum absolute atomic E-state index is 0.0147. The number of benzene rings is 3. The molecule has 6 heteroatoms. The van der Waals surface area contributed by atoms with Crippen molar-refractivity contribution < 1.29 is 9.26 Å². The summed E-state index contributed by atoms with van der Waals surface area (Å²) in [6.45, 7) is 4.69. The minimum atomic E-state index is -0.0147. The molecule has 1 aliphatic carbocycles. The number of aromatic nitrogens is 2. The van der Waals surface area contributed by atoms with Crippen LogP contribution in [0.25, 0.3) is 22.8 Å². The van der Waals surface area contributed by atoms with Gasteiger partial charge in [-0.15, -0.1) is 0 Å². The first-order valence-corrected chi connectivity index (χ1v) is 11.6. The summed E-state index contributed by atoms with van der Waals surface area (Å²) >= 11 is 0. The Labute approximate surface area is 199 Å². The fourth-order valence-electron chi connectivity index (χ4n) is 4.47. The maximum atomic E-state index is 9.53. The van der Waals surface area contributed by atoms with E-state index in [1.165, 1.54) is 16.7 Å². The highest BCUT2D eigenvalue weighted by atomic mass is 16.5. The van der Waals surface area contributed by atoms with Crippen LogP contribution in [0, 0.1) is 11.3 Å². The summed E-state index contributed by atoms with van der Waals surface area (Å²) in [5.41, 5.74) is 5.97. The van der Waals surface area contributed by atoms with E-state index in [9.17, 15) is 5.26 Å². The zero-order chi connectivity index (χ0) is 23.5. The predicted octanol–water partition coefficient (Wildman–Crippen LogP) is 5.84. The van der Waals surface area contributed by atoms with Crippen molar-refractivity contribution in [2.75, 3.05) is 0 Å². The average Bonchev–Trinajstić information content (AvgIpc) is 3.51. The molecule has 6 nitrogen and oxygen atoms in total. The predicted molar refractivity (Wildman–Crippen MR) is 130 cm³/mol. The monoisotopic (exact) mass is 450 g/mol. The Kier molecular flexibility index (Phi) is 6.11. The molecule has 0 amide bonds. The molecule has 1 aliphatic rings. The zero-order valence-corrected chi connectivity index (χ0v) is 19.3. The van der Waals surface area contributed by atoms with Crippen molar-refractivity contribution in [3.8, 4) is 34.7 Å². The maximum Gasteiger partial charge on any atom is 0.258 e. The smallest absolute Gasteiger partial charge is 0.258 e. The highest BCUT2D eigenvalue weighted by Gasteiger charge is 2.26. The van der Waals surface area contributed by atoms with Crippen LogP contribution >= 0.6 is 0 Å². The van der Waals surface area contributed by atoms with Crippen LogP contribution < -0.4 is 10.1 Å². The number of nitrogens with zero attached hydrogens (tertiary/aromatic N) is 3. The second-order valence-corrected chi connectivity index (χ2v) is 8.74. The van der Waals surface area contributed by atoms with Crippen LogP contribution in [-0.2, 0) is 13.0 Å². The summed E-state index contributed by atoms with van der Waals surface area (Å²) in [5.74, 6) is 1.50. The summed E-state index contributed by atoms with van der Waals surface area (Å²) in [5, 5.41) is 17.5. The lowest BCUT2D eigenvalue weighted by atomic mass is 10.0. The van der Waals surface area contributed by atoms with Crippen molar-refractivity contribution in [2.24, 2.45) is 0 Å². The third-order valence-electron chi connectivity index (χ3n) is 6.04. The third-order valence-corrected chi connectivity index (χ3v) is 6.04. The number of fused-ring (bicyclic) bond motifs is 1. The van der Waals surface area contributed by atoms with E-state index in [4.69, 9.17) is 9.26 Å². The Morgan fingerprint density at radius 2 is 1.97 bits per heavy atom. The Bertz CT molecular complexity index is 1340. The molecule has 34 heavy (non-hydrogen) atoms. The van der Waals surface area contributed by atoms with Gasteiger partial charge in [0.15, 0.2) is 0 Å². The molecule has 1 N–H and O–H groups in total. The SMILES string of the molecule is CC(C)Oc1ccc(-c2nc(-c3cccc4c3CC[C@@H]4NCc3ccccc3)no2)cc1C#N. The standard InChI is InChI=1S/C28H26N4O2/c1-18(2)33-26-14-11-20(15-21(26)16-29)28-31-27(32-34-28)24-10-6-9-23-22(24)12-13-25(23)30-17-19-7-4-3-5-8-19/h3-11,14-15,18,25,30H,12-13,17H2,1-2H3/t25-/m0/s1. The van der Waals surface area contributed by atoms with Crippen molar-refractivity contribution in [1.29, 1.82) is 5.26 Å². The summed E-state index contributed by atoms with van der Waals surface area (Å²) < 4.78 is 11.3. The summed E-state index contributed by atoms with van der Waals surface area (Å²) in [7, 11) is 0. The quantitative estimate of drug-likeness (QED) is 0.381. The van der Waals surface area contributed by atoms with Gasteiger partial charge < -0.3 is 14.6 Å². The number of nitrogens with one attached hydrogen (secondary N) is 1. The molecular formula is C28H26N4O2. The van der Waals surface area contributed by atoms with E-state index in [-0.39, 0.29) is 6.10 Å².